The Hall–Kier alpha value is -1.06. The second kappa shape index (κ2) is 4.21. The van der Waals surface area contributed by atoms with E-state index in [4.69, 9.17) is 0 Å². The number of carbonyl (C=O) groups excluding carboxylic acids is 2. The van der Waals surface area contributed by atoms with Gasteiger partial charge in [-0.25, -0.2) is 4.79 Å². The maximum atomic E-state index is 11.7. The molecule has 0 radical (unpaired) electrons. The van der Waals surface area contributed by atoms with Crippen LogP contribution in [0.1, 0.15) is 39.0 Å². The second-order valence-electron chi connectivity index (χ2n) is 4.50. The molecule has 1 aliphatic carbocycles. The van der Waals surface area contributed by atoms with E-state index in [2.05, 4.69) is 12.2 Å². The number of unbranched alkanes of at least 4 members (excludes halogenated alkanes) is 1. The molecule has 1 heterocycles. The first-order valence-corrected chi connectivity index (χ1v) is 5.83. The third-order valence-electron chi connectivity index (χ3n) is 3.18. The third-order valence-corrected chi connectivity index (χ3v) is 3.18. The number of amides is 3. The Bertz CT molecular complexity index is 256. The minimum atomic E-state index is -0.184. The van der Waals surface area contributed by atoms with E-state index in [1.54, 1.807) is 0 Å². The summed E-state index contributed by atoms with van der Waals surface area (Å²) in [5, 5.41) is 2.93. The van der Waals surface area contributed by atoms with Crippen molar-refractivity contribution < 1.29 is 9.59 Å². The largest absolute Gasteiger partial charge is 0.334 e. The van der Waals surface area contributed by atoms with Gasteiger partial charge in [0.05, 0.1) is 0 Å². The molecule has 1 unspecified atom stereocenters. The Morgan fingerprint density at radius 3 is 2.67 bits per heavy atom. The van der Waals surface area contributed by atoms with E-state index in [0.717, 1.165) is 25.7 Å². The molecule has 15 heavy (non-hydrogen) atoms. The Morgan fingerprint density at radius 1 is 1.40 bits per heavy atom. The first-order valence-electron chi connectivity index (χ1n) is 5.83. The topological polar surface area (TPSA) is 49.4 Å². The van der Waals surface area contributed by atoms with Crippen LogP contribution in [-0.4, -0.2) is 29.4 Å². The summed E-state index contributed by atoms with van der Waals surface area (Å²) in [6, 6.07) is -0.0699. The van der Waals surface area contributed by atoms with Crippen molar-refractivity contribution in [1.82, 2.24) is 10.2 Å². The van der Waals surface area contributed by atoms with Crippen LogP contribution in [0.15, 0.2) is 0 Å². The molecule has 4 nitrogen and oxygen atoms in total. The van der Waals surface area contributed by atoms with E-state index in [0.29, 0.717) is 18.9 Å². The molecule has 0 bridgehead atoms. The number of carbonyl (C=O) groups is 2. The predicted molar refractivity (Wildman–Crippen MR) is 56.3 cm³/mol. The van der Waals surface area contributed by atoms with Gasteiger partial charge in [-0.15, -0.1) is 0 Å². The zero-order valence-electron chi connectivity index (χ0n) is 9.16. The van der Waals surface area contributed by atoms with E-state index in [1.807, 2.05) is 0 Å². The van der Waals surface area contributed by atoms with E-state index in [1.165, 1.54) is 4.90 Å². The minimum Gasteiger partial charge on any atom is -0.334 e. The summed E-state index contributed by atoms with van der Waals surface area (Å²) < 4.78 is 0. The Morgan fingerprint density at radius 2 is 2.13 bits per heavy atom. The third kappa shape index (κ3) is 2.30. The van der Waals surface area contributed by atoms with Crippen LogP contribution in [0.4, 0.5) is 4.79 Å². The molecule has 1 aliphatic heterocycles. The van der Waals surface area contributed by atoms with Crippen molar-refractivity contribution >= 4 is 11.9 Å². The molecule has 0 aromatic carbocycles. The molecule has 1 atom stereocenters. The van der Waals surface area contributed by atoms with Crippen LogP contribution in [0.3, 0.4) is 0 Å². The summed E-state index contributed by atoms with van der Waals surface area (Å²) in [7, 11) is 0. The fourth-order valence-corrected chi connectivity index (χ4v) is 2.02. The Labute approximate surface area is 90.0 Å². The van der Waals surface area contributed by atoms with Crippen molar-refractivity contribution in [2.45, 2.75) is 45.1 Å². The van der Waals surface area contributed by atoms with Crippen molar-refractivity contribution in [3.8, 4) is 0 Å². The highest BCUT2D eigenvalue weighted by molar-refractivity contribution is 5.97. The van der Waals surface area contributed by atoms with Crippen LogP contribution in [0.2, 0.25) is 0 Å². The number of nitrogens with zero attached hydrogens (tertiary/aromatic N) is 1. The average Bonchev–Trinajstić information content (AvgIpc) is 2.99. The summed E-state index contributed by atoms with van der Waals surface area (Å²) in [6.45, 7) is 2.62. The average molecular weight is 210 g/mol. The van der Waals surface area contributed by atoms with E-state index < -0.39 is 0 Å². The zero-order chi connectivity index (χ0) is 10.8. The summed E-state index contributed by atoms with van der Waals surface area (Å²) in [6.07, 6.45) is 4.72. The lowest BCUT2D eigenvalue weighted by Gasteiger charge is -2.31. The van der Waals surface area contributed by atoms with Gasteiger partial charge in [-0.3, -0.25) is 9.69 Å². The van der Waals surface area contributed by atoms with Crippen molar-refractivity contribution in [3.63, 3.8) is 0 Å². The lowest BCUT2D eigenvalue weighted by molar-refractivity contribution is -0.130. The van der Waals surface area contributed by atoms with Crippen LogP contribution in [-0.2, 0) is 4.79 Å². The van der Waals surface area contributed by atoms with Gasteiger partial charge in [-0.05, 0) is 25.2 Å². The molecule has 0 spiro atoms. The molecule has 2 fully saturated rings. The molecule has 4 heteroatoms. The number of nitrogens with one attached hydrogen (secondary N) is 1. The molecule has 0 aromatic rings. The number of imide groups is 1. The summed E-state index contributed by atoms with van der Waals surface area (Å²) in [5.74, 6) is 0.565. The molecule has 1 N–H and O–H groups in total. The molecule has 84 valence electrons. The van der Waals surface area contributed by atoms with Gasteiger partial charge in [0.15, 0.2) is 0 Å². The van der Waals surface area contributed by atoms with Gasteiger partial charge < -0.3 is 5.32 Å². The highest BCUT2D eigenvalue weighted by atomic mass is 16.2. The SMILES string of the molecule is CCCCN1C(=O)CC(C2CC2)NC1=O. The molecule has 1 saturated heterocycles. The molecule has 1 saturated carbocycles. The van der Waals surface area contributed by atoms with E-state index >= 15 is 0 Å². The normalized spacial score (nSPS) is 26.7. The molecular formula is C11H18N2O2. The fraction of sp³-hybridized carbons (Fsp3) is 0.818. The molecule has 0 aromatic heterocycles. The Balaban J connectivity index is 1.91. The standard InChI is InChI=1S/C11H18N2O2/c1-2-3-6-13-10(14)7-9(8-4-5-8)12-11(13)15/h8-9H,2-7H2,1H3,(H,12,15). The molecule has 2 aliphatic rings. The van der Waals surface area contributed by atoms with Gasteiger partial charge in [0.1, 0.15) is 0 Å². The van der Waals surface area contributed by atoms with Gasteiger partial charge in [-0.1, -0.05) is 13.3 Å². The van der Waals surface area contributed by atoms with Crippen molar-refractivity contribution in [1.29, 1.82) is 0 Å². The second-order valence-corrected chi connectivity index (χ2v) is 4.50. The Kier molecular flexibility index (Phi) is 2.93. The predicted octanol–water partition coefficient (Wildman–Crippen LogP) is 1.51. The number of urea groups is 1. The maximum Gasteiger partial charge on any atom is 0.324 e. The zero-order valence-corrected chi connectivity index (χ0v) is 9.16. The van der Waals surface area contributed by atoms with Crippen LogP contribution < -0.4 is 5.32 Å². The van der Waals surface area contributed by atoms with Crippen LogP contribution in [0, 0.1) is 5.92 Å². The minimum absolute atomic E-state index is 0.00380. The van der Waals surface area contributed by atoms with Crippen molar-refractivity contribution in [3.05, 3.63) is 0 Å². The number of rotatable bonds is 4. The summed E-state index contributed by atoms with van der Waals surface area (Å²) in [4.78, 5) is 24.7. The first kappa shape index (κ1) is 10.5. The van der Waals surface area contributed by atoms with Gasteiger partial charge >= 0.3 is 6.03 Å². The first-order chi connectivity index (χ1) is 7.22. The van der Waals surface area contributed by atoms with Crippen LogP contribution in [0.5, 0.6) is 0 Å². The molecule has 3 amide bonds. The summed E-state index contributed by atoms with van der Waals surface area (Å²) >= 11 is 0. The van der Waals surface area contributed by atoms with E-state index in [-0.39, 0.29) is 18.0 Å². The highest BCUT2D eigenvalue weighted by Crippen LogP contribution is 2.35. The van der Waals surface area contributed by atoms with Crippen molar-refractivity contribution in [2.24, 2.45) is 5.92 Å². The van der Waals surface area contributed by atoms with E-state index in [9.17, 15) is 9.59 Å². The van der Waals surface area contributed by atoms with Crippen LogP contribution >= 0.6 is 0 Å². The van der Waals surface area contributed by atoms with Gasteiger partial charge in [-0.2, -0.15) is 0 Å². The van der Waals surface area contributed by atoms with Gasteiger partial charge in [0.25, 0.3) is 0 Å². The number of hydrogen-bond acceptors (Lipinski definition) is 2. The summed E-state index contributed by atoms with van der Waals surface area (Å²) in [5.41, 5.74) is 0. The smallest absolute Gasteiger partial charge is 0.324 e. The maximum absolute atomic E-state index is 11.7. The quantitative estimate of drug-likeness (QED) is 0.764. The number of hydrogen-bond donors (Lipinski definition) is 1. The fourth-order valence-electron chi connectivity index (χ4n) is 2.02. The monoisotopic (exact) mass is 210 g/mol. The molecule has 2 rings (SSSR count). The molecular weight excluding hydrogens is 192 g/mol. The van der Waals surface area contributed by atoms with Crippen molar-refractivity contribution in [2.75, 3.05) is 6.54 Å². The lowest BCUT2D eigenvalue weighted by Crippen LogP contribution is -2.55. The van der Waals surface area contributed by atoms with Gasteiger partial charge in [0.2, 0.25) is 5.91 Å². The highest BCUT2D eigenvalue weighted by Gasteiger charge is 2.39. The van der Waals surface area contributed by atoms with Gasteiger partial charge in [0, 0.05) is 19.0 Å². The lowest BCUT2D eigenvalue weighted by atomic mass is 10.1. The van der Waals surface area contributed by atoms with Crippen LogP contribution in [0.25, 0.3) is 0 Å².